The Balaban J connectivity index is 2.05. The van der Waals surface area contributed by atoms with Crippen LogP contribution in [-0.2, 0) is 6.42 Å². The fourth-order valence-electron chi connectivity index (χ4n) is 2.96. The SMILES string of the molecule is CCc1ncnc(N2C[C@@H](O)C[C@H]2c2cc(F)ccc2F)c1F. The van der Waals surface area contributed by atoms with Crippen LogP contribution in [-0.4, -0.2) is 27.7 Å². The summed E-state index contributed by atoms with van der Waals surface area (Å²) in [7, 11) is 0. The van der Waals surface area contributed by atoms with Gasteiger partial charge in [0.05, 0.1) is 17.8 Å². The van der Waals surface area contributed by atoms with Crippen molar-refractivity contribution in [3.63, 3.8) is 0 Å². The fraction of sp³-hybridized carbons (Fsp3) is 0.375. The average Bonchev–Trinajstić information content (AvgIpc) is 2.91. The fourth-order valence-corrected chi connectivity index (χ4v) is 2.96. The van der Waals surface area contributed by atoms with Gasteiger partial charge in [0.2, 0.25) is 0 Å². The Morgan fingerprint density at radius 2 is 2.04 bits per heavy atom. The molecule has 1 aromatic heterocycles. The zero-order chi connectivity index (χ0) is 16.6. The van der Waals surface area contributed by atoms with Crippen molar-refractivity contribution in [1.82, 2.24) is 9.97 Å². The predicted octanol–water partition coefficient (Wildman–Crippen LogP) is 2.77. The first-order valence-corrected chi connectivity index (χ1v) is 7.40. The number of anilines is 1. The van der Waals surface area contributed by atoms with Crippen LogP contribution in [0.5, 0.6) is 0 Å². The Labute approximate surface area is 131 Å². The molecule has 0 saturated carbocycles. The summed E-state index contributed by atoms with van der Waals surface area (Å²) in [6.07, 6.45) is 1.02. The summed E-state index contributed by atoms with van der Waals surface area (Å²) in [5.41, 5.74) is 0.326. The van der Waals surface area contributed by atoms with Gasteiger partial charge in [-0.15, -0.1) is 0 Å². The minimum absolute atomic E-state index is 0.00191. The predicted molar refractivity (Wildman–Crippen MR) is 78.4 cm³/mol. The topological polar surface area (TPSA) is 49.2 Å². The molecule has 1 aromatic carbocycles. The molecule has 1 N–H and O–H groups in total. The highest BCUT2D eigenvalue weighted by molar-refractivity contribution is 5.47. The normalized spacial score (nSPS) is 21.0. The lowest BCUT2D eigenvalue weighted by molar-refractivity contribution is 0.194. The van der Waals surface area contributed by atoms with Gasteiger partial charge >= 0.3 is 0 Å². The van der Waals surface area contributed by atoms with Crippen LogP contribution in [0.25, 0.3) is 0 Å². The molecule has 0 radical (unpaired) electrons. The molecule has 4 nitrogen and oxygen atoms in total. The number of aromatic nitrogens is 2. The van der Waals surface area contributed by atoms with Gasteiger partial charge in [-0.05, 0) is 31.0 Å². The summed E-state index contributed by atoms with van der Waals surface area (Å²) in [6, 6.07) is 2.44. The van der Waals surface area contributed by atoms with E-state index < -0.39 is 29.6 Å². The molecular formula is C16H16F3N3O. The van der Waals surface area contributed by atoms with Gasteiger partial charge in [0.25, 0.3) is 0 Å². The van der Waals surface area contributed by atoms with Crippen molar-refractivity contribution >= 4 is 5.82 Å². The van der Waals surface area contributed by atoms with Gasteiger partial charge in [-0.25, -0.2) is 23.1 Å². The van der Waals surface area contributed by atoms with Crippen LogP contribution in [0.3, 0.4) is 0 Å². The largest absolute Gasteiger partial charge is 0.391 e. The summed E-state index contributed by atoms with van der Waals surface area (Å²) in [4.78, 5) is 9.28. The molecule has 1 aliphatic heterocycles. The highest BCUT2D eigenvalue weighted by Crippen LogP contribution is 2.38. The number of hydrogen-bond acceptors (Lipinski definition) is 4. The molecule has 2 aromatic rings. The summed E-state index contributed by atoms with van der Waals surface area (Å²) in [6.45, 7) is 1.86. The average molecular weight is 323 g/mol. The second-order valence-corrected chi connectivity index (χ2v) is 5.54. The van der Waals surface area contributed by atoms with E-state index in [1.165, 1.54) is 11.2 Å². The Morgan fingerprint density at radius 3 is 2.78 bits per heavy atom. The number of benzene rings is 1. The Morgan fingerprint density at radius 1 is 1.26 bits per heavy atom. The Kier molecular flexibility index (Phi) is 4.21. The van der Waals surface area contributed by atoms with Crippen molar-refractivity contribution in [3.05, 3.63) is 53.2 Å². The van der Waals surface area contributed by atoms with Crippen molar-refractivity contribution in [2.75, 3.05) is 11.4 Å². The molecule has 2 atom stereocenters. The number of aliphatic hydroxyl groups is 1. The maximum Gasteiger partial charge on any atom is 0.187 e. The van der Waals surface area contributed by atoms with E-state index in [0.717, 1.165) is 18.2 Å². The first-order chi connectivity index (χ1) is 11.0. The lowest BCUT2D eigenvalue weighted by Gasteiger charge is -2.26. The van der Waals surface area contributed by atoms with Crippen LogP contribution >= 0.6 is 0 Å². The third-order valence-electron chi connectivity index (χ3n) is 4.05. The smallest absolute Gasteiger partial charge is 0.187 e. The van der Waals surface area contributed by atoms with E-state index >= 15 is 0 Å². The standard InChI is InChI=1S/C16H16F3N3O/c1-2-13-15(19)16(21-8-20-13)22-7-10(23)6-14(22)11-5-9(17)3-4-12(11)18/h3-5,8,10,14,23H,2,6-7H2,1H3/t10-,14-/m0/s1. The molecule has 1 fully saturated rings. The summed E-state index contributed by atoms with van der Waals surface area (Å²) in [5.74, 6) is -1.77. The lowest BCUT2D eigenvalue weighted by atomic mass is 10.0. The van der Waals surface area contributed by atoms with Gasteiger partial charge in [0.15, 0.2) is 11.6 Å². The van der Waals surface area contributed by atoms with Crippen LogP contribution in [0.15, 0.2) is 24.5 Å². The molecular weight excluding hydrogens is 307 g/mol. The molecule has 122 valence electrons. The monoisotopic (exact) mass is 323 g/mol. The number of β-amino-alcohol motifs (C(OH)–C–C–N with tert-alkyl or cyclic N) is 1. The third kappa shape index (κ3) is 2.88. The van der Waals surface area contributed by atoms with Crippen LogP contribution < -0.4 is 4.90 Å². The molecule has 0 aliphatic carbocycles. The Hall–Kier alpha value is -2.15. The van der Waals surface area contributed by atoms with Crippen molar-refractivity contribution in [2.45, 2.75) is 31.9 Å². The van der Waals surface area contributed by atoms with Crippen molar-refractivity contribution < 1.29 is 18.3 Å². The molecule has 0 amide bonds. The zero-order valence-electron chi connectivity index (χ0n) is 12.5. The van der Waals surface area contributed by atoms with E-state index in [9.17, 15) is 18.3 Å². The molecule has 7 heteroatoms. The summed E-state index contributed by atoms with van der Waals surface area (Å²) < 4.78 is 42.1. The molecule has 23 heavy (non-hydrogen) atoms. The molecule has 3 rings (SSSR count). The summed E-state index contributed by atoms with van der Waals surface area (Å²) >= 11 is 0. The van der Waals surface area contributed by atoms with Gasteiger partial charge in [0, 0.05) is 12.1 Å². The first kappa shape index (κ1) is 15.7. The van der Waals surface area contributed by atoms with Crippen molar-refractivity contribution in [3.8, 4) is 0 Å². The van der Waals surface area contributed by atoms with E-state index in [1.54, 1.807) is 6.92 Å². The number of aliphatic hydroxyl groups excluding tert-OH is 1. The Bertz CT molecular complexity index is 726. The van der Waals surface area contributed by atoms with Crippen LogP contribution in [0, 0.1) is 17.5 Å². The molecule has 1 saturated heterocycles. The molecule has 1 aliphatic rings. The van der Waals surface area contributed by atoms with E-state index in [-0.39, 0.29) is 30.0 Å². The van der Waals surface area contributed by atoms with Crippen molar-refractivity contribution in [1.29, 1.82) is 0 Å². The zero-order valence-corrected chi connectivity index (χ0v) is 12.5. The third-order valence-corrected chi connectivity index (χ3v) is 4.05. The van der Waals surface area contributed by atoms with E-state index in [0.29, 0.717) is 6.42 Å². The van der Waals surface area contributed by atoms with Crippen LogP contribution in [0.2, 0.25) is 0 Å². The van der Waals surface area contributed by atoms with Gasteiger partial charge < -0.3 is 10.0 Å². The maximum atomic E-state index is 14.5. The minimum Gasteiger partial charge on any atom is -0.391 e. The lowest BCUT2D eigenvalue weighted by Crippen LogP contribution is -2.27. The van der Waals surface area contributed by atoms with Gasteiger partial charge in [-0.3, -0.25) is 0 Å². The molecule has 0 unspecified atom stereocenters. The quantitative estimate of drug-likeness (QED) is 0.944. The molecule has 2 heterocycles. The van der Waals surface area contributed by atoms with Crippen LogP contribution in [0.4, 0.5) is 19.0 Å². The van der Waals surface area contributed by atoms with Crippen molar-refractivity contribution in [2.24, 2.45) is 0 Å². The second-order valence-electron chi connectivity index (χ2n) is 5.54. The summed E-state index contributed by atoms with van der Waals surface area (Å²) in [5, 5.41) is 9.95. The number of rotatable bonds is 3. The maximum absolute atomic E-state index is 14.5. The second kappa shape index (κ2) is 6.16. The highest BCUT2D eigenvalue weighted by Gasteiger charge is 2.36. The van der Waals surface area contributed by atoms with Crippen LogP contribution in [0.1, 0.15) is 30.6 Å². The van der Waals surface area contributed by atoms with E-state index in [2.05, 4.69) is 9.97 Å². The molecule has 0 spiro atoms. The van der Waals surface area contributed by atoms with Gasteiger partial charge in [-0.2, -0.15) is 0 Å². The number of aryl methyl sites for hydroxylation is 1. The minimum atomic E-state index is -0.776. The van der Waals surface area contributed by atoms with E-state index in [1.807, 2.05) is 0 Å². The van der Waals surface area contributed by atoms with E-state index in [4.69, 9.17) is 0 Å². The number of nitrogens with zero attached hydrogens (tertiary/aromatic N) is 3. The molecule has 0 bridgehead atoms. The number of halogens is 3. The van der Waals surface area contributed by atoms with Gasteiger partial charge in [-0.1, -0.05) is 6.92 Å². The number of hydrogen-bond donors (Lipinski definition) is 1. The highest BCUT2D eigenvalue weighted by atomic mass is 19.1. The van der Waals surface area contributed by atoms with Gasteiger partial charge in [0.1, 0.15) is 18.0 Å². The first-order valence-electron chi connectivity index (χ1n) is 7.40.